The van der Waals surface area contributed by atoms with Crippen LogP contribution >= 0.6 is 0 Å². The van der Waals surface area contributed by atoms with Crippen LogP contribution in [0.1, 0.15) is 18.8 Å². The van der Waals surface area contributed by atoms with E-state index in [4.69, 9.17) is 9.47 Å². The molecule has 0 fully saturated rings. The standard InChI is InChI=1S/C16H15N5O3/c1-10(15-20-19-14-4-2-3-7-21(14)15)17-16(22)18-11-5-6-12-13(8-11)24-9-23-12/h2-8,10H,9H2,1H3,(H2,17,18,22). The number of carbonyl (C=O) groups is 1. The average Bonchev–Trinajstić information content (AvgIpc) is 3.20. The molecule has 1 aliphatic heterocycles. The van der Waals surface area contributed by atoms with Crippen molar-refractivity contribution < 1.29 is 14.3 Å². The lowest BCUT2D eigenvalue weighted by Gasteiger charge is -2.13. The molecule has 1 unspecified atom stereocenters. The second-order valence-electron chi connectivity index (χ2n) is 5.38. The van der Waals surface area contributed by atoms with Crippen LogP contribution in [0.5, 0.6) is 11.5 Å². The van der Waals surface area contributed by atoms with Gasteiger partial charge >= 0.3 is 6.03 Å². The number of benzene rings is 1. The predicted molar refractivity (Wildman–Crippen MR) is 86.1 cm³/mol. The van der Waals surface area contributed by atoms with E-state index in [0.717, 1.165) is 5.65 Å². The highest BCUT2D eigenvalue weighted by molar-refractivity contribution is 5.89. The van der Waals surface area contributed by atoms with E-state index in [9.17, 15) is 4.79 Å². The SMILES string of the molecule is CC(NC(=O)Nc1ccc2c(c1)OCO2)c1nnc2ccccn12. The van der Waals surface area contributed by atoms with Crippen LogP contribution in [0.2, 0.25) is 0 Å². The molecular formula is C16H15N5O3. The molecule has 2 amide bonds. The van der Waals surface area contributed by atoms with Crippen LogP contribution < -0.4 is 20.1 Å². The Hall–Kier alpha value is -3.29. The predicted octanol–water partition coefficient (Wildman–Crippen LogP) is 2.34. The third kappa shape index (κ3) is 2.58. The molecule has 8 heteroatoms. The topological polar surface area (TPSA) is 89.8 Å². The Labute approximate surface area is 137 Å². The molecule has 2 N–H and O–H groups in total. The van der Waals surface area contributed by atoms with Crippen molar-refractivity contribution in [2.45, 2.75) is 13.0 Å². The van der Waals surface area contributed by atoms with Gasteiger partial charge in [-0.1, -0.05) is 6.07 Å². The molecule has 3 heterocycles. The summed E-state index contributed by atoms with van der Waals surface area (Å²) < 4.78 is 12.4. The van der Waals surface area contributed by atoms with Crippen molar-refractivity contribution in [1.29, 1.82) is 0 Å². The second-order valence-corrected chi connectivity index (χ2v) is 5.38. The fraction of sp³-hybridized carbons (Fsp3) is 0.188. The van der Waals surface area contributed by atoms with E-state index in [1.165, 1.54) is 0 Å². The number of pyridine rings is 1. The maximum Gasteiger partial charge on any atom is 0.319 e. The van der Waals surface area contributed by atoms with Gasteiger partial charge in [0.25, 0.3) is 0 Å². The quantitative estimate of drug-likeness (QED) is 0.771. The number of anilines is 1. The number of fused-ring (bicyclic) bond motifs is 2. The van der Waals surface area contributed by atoms with Crippen LogP contribution in [-0.4, -0.2) is 27.4 Å². The summed E-state index contributed by atoms with van der Waals surface area (Å²) in [7, 11) is 0. The number of carbonyl (C=O) groups excluding carboxylic acids is 1. The maximum absolute atomic E-state index is 12.2. The van der Waals surface area contributed by atoms with E-state index in [1.807, 2.05) is 35.7 Å². The fourth-order valence-electron chi connectivity index (χ4n) is 2.56. The zero-order valence-electron chi connectivity index (χ0n) is 12.9. The van der Waals surface area contributed by atoms with E-state index in [0.29, 0.717) is 23.0 Å². The van der Waals surface area contributed by atoms with E-state index in [-0.39, 0.29) is 18.9 Å². The van der Waals surface area contributed by atoms with Gasteiger partial charge in [0.15, 0.2) is 23.0 Å². The fourth-order valence-corrected chi connectivity index (χ4v) is 2.56. The van der Waals surface area contributed by atoms with Gasteiger partial charge in [0.05, 0.1) is 6.04 Å². The molecule has 1 atom stereocenters. The summed E-state index contributed by atoms with van der Waals surface area (Å²) >= 11 is 0. The molecule has 4 rings (SSSR count). The average molecular weight is 325 g/mol. The first-order valence-corrected chi connectivity index (χ1v) is 7.47. The zero-order valence-corrected chi connectivity index (χ0v) is 12.9. The third-order valence-corrected chi connectivity index (χ3v) is 3.71. The van der Waals surface area contributed by atoms with Crippen molar-refractivity contribution in [3.63, 3.8) is 0 Å². The Kier molecular flexibility index (Phi) is 3.42. The molecule has 1 aliphatic rings. The van der Waals surface area contributed by atoms with Crippen LogP contribution in [-0.2, 0) is 0 Å². The molecular weight excluding hydrogens is 310 g/mol. The summed E-state index contributed by atoms with van der Waals surface area (Å²) in [6, 6.07) is 10.2. The van der Waals surface area contributed by atoms with Gasteiger partial charge in [-0.2, -0.15) is 0 Å². The number of ether oxygens (including phenoxy) is 2. The van der Waals surface area contributed by atoms with Crippen molar-refractivity contribution >= 4 is 17.4 Å². The van der Waals surface area contributed by atoms with Gasteiger partial charge in [-0.25, -0.2) is 4.79 Å². The van der Waals surface area contributed by atoms with Gasteiger partial charge in [-0.3, -0.25) is 4.40 Å². The van der Waals surface area contributed by atoms with Crippen molar-refractivity contribution in [2.75, 3.05) is 12.1 Å². The minimum Gasteiger partial charge on any atom is -0.454 e. The molecule has 0 bridgehead atoms. The Morgan fingerprint density at radius 3 is 3.00 bits per heavy atom. The highest BCUT2D eigenvalue weighted by Gasteiger charge is 2.17. The van der Waals surface area contributed by atoms with Crippen LogP contribution in [0.3, 0.4) is 0 Å². The van der Waals surface area contributed by atoms with E-state index >= 15 is 0 Å². The van der Waals surface area contributed by atoms with Gasteiger partial charge in [-0.15, -0.1) is 10.2 Å². The van der Waals surface area contributed by atoms with Gasteiger partial charge < -0.3 is 20.1 Å². The number of nitrogens with one attached hydrogen (secondary N) is 2. The van der Waals surface area contributed by atoms with Crippen molar-refractivity contribution in [2.24, 2.45) is 0 Å². The van der Waals surface area contributed by atoms with E-state index in [2.05, 4.69) is 20.8 Å². The Bertz CT molecular complexity index is 908. The first kappa shape index (κ1) is 14.3. The number of rotatable bonds is 3. The summed E-state index contributed by atoms with van der Waals surface area (Å²) in [5.74, 6) is 1.94. The highest BCUT2D eigenvalue weighted by atomic mass is 16.7. The molecule has 3 aromatic rings. The summed E-state index contributed by atoms with van der Waals surface area (Å²) in [4.78, 5) is 12.2. The Morgan fingerprint density at radius 2 is 2.08 bits per heavy atom. The van der Waals surface area contributed by atoms with Crippen molar-refractivity contribution in [3.8, 4) is 11.5 Å². The lowest BCUT2D eigenvalue weighted by molar-refractivity contribution is 0.174. The number of urea groups is 1. The minimum absolute atomic E-state index is 0.196. The Morgan fingerprint density at radius 1 is 1.21 bits per heavy atom. The molecule has 122 valence electrons. The number of nitrogens with zero attached hydrogens (tertiary/aromatic N) is 3. The molecule has 0 saturated carbocycles. The largest absolute Gasteiger partial charge is 0.454 e. The van der Waals surface area contributed by atoms with Crippen molar-refractivity contribution in [3.05, 3.63) is 48.4 Å². The molecule has 0 aliphatic carbocycles. The lowest BCUT2D eigenvalue weighted by atomic mass is 10.3. The Balaban J connectivity index is 1.46. The van der Waals surface area contributed by atoms with Crippen LogP contribution in [0.4, 0.5) is 10.5 Å². The molecule has 0 spiro atoms. The van der Waals surface area contributed by atoms with Crippen LogP contribution in [0.25, 0.3) is 5.65 Å². The molecule has 1 aromatic carbocycles. The monoisotopic (exact) mass is 325 g/mol. The lowest BCUT2D eigenvalue weighted by Crippen LogP contribution is -2.32. The minimum atomic E-state index is -0.339. The summed E-state index contributed by atoms with van der Waals surface area (Å²) in [6.07, 6.45) is 1.86. The second kappa shape index (κ2) is 5.73. The van der Waals surface area contributed by atoms with Crippen LogP contribution in [0.15, 0.2) is 42.6 Å². The summed E-state index contributed by atoms with van der Waals surface area (Å²) in [6.45, 7) is 2.05. The normalized spacial score (nSPS) is 13.7. The first-order chi connectivity index (χ1) is 11.7. The molecule has 2 aromatic heterocycles. The van der Waals surface area contributed by atoms with Crippen LogP contribution in [0, 0.1) is 0 Å². The molecule has 0 saturated heterocycles. The van der Waals surface area contributed by atoms with Gasteiger partial charge in [-0.05, 0) is 31.2 Å². The maximum atomic E-state index is 12.2. The third-order valence-electron chi connectivity index (χ3n) is 3.71. The summed E-state index contributed by atoms with van der Waals surface area (Å²) in [5, 5.41) is 13.8. The molecule has 0 radical (unpaired) electrons. The smallest absolute Gasteiger partial charge is 0.319 e. The van der Waals surface area contributed by atoms with E-state index < -0.39 is 0 Å². The zero-order chi connectivity index (χ0) is 16.5. The van der Waals surface area contributed by atoms with Gasteiger partial charge in [0.1, 0.15) is 0 Å². The number of hydrogen-bond acceptors (Lipinski definition) is 5. The van der Waals surface area contributed by atoms with Crippen molar-refractivity contribution in [1.82, 2.24) is 19.9 Å². The number of aromatic nitrogens is 3. The molecule has 8 nitrogen and oxygen atoms in total. The first-order valence-electron chi connectivity index (χ1n) is 7.47. The van der Waals surface area contributed by atoms with Gasteiger partial charge in [0.2, 0.25) is 6.79 Å². The molecule has 24 heavy (non-hydrogen) atoms. The summed E-state index contributed by atoms with van der Waals surface area (Å²) in [5.41, 5.74) is 1.35. The number of hydrogen-bond donors (Lipinski definition) is 2. The van der Waals surface area contributed by atoms with Gasteiger partial charge in [0, 0.05) is 18.0 Å². The highest BCUT2D eigenvalue weighted by Crippen LogP contribution is 2.34. The number of amides is 2. The van der Waals surface area contributed by atoms with E-state index in [1.54, 1.807) is 18.2 Å².